The van der Waals surface area contributed by atoms with Crippen molar-refractivity contribution in [3.05, 3.63) is 54.2 Å². The summed E-state index contributed by atoms with van der Waals surface area (Å²) >= 11 is 0. The average molecular weight is 278 g/mol. The van der Waals surface area contributed by atoms with E-state index in [0.717, 1.165) is 16.8 Å². The lowest BCUT2D eigenvalue weighted by molar-refractivity contribution is -0.145. The molecule has 0 atom stereocenters. The molecule has 0 aliphatic rings. The predicted molar refractivity (Wildman–Crippen MR) is 81.0 cm³/mol. The minimum Gasteiger partial charge on any atom is -0.470 e. The van der Waals surface area contributed by atoms with Gasteiger partial charge in [0.05, 0.1) is 6.61 Å². The topological polar surface area (TPSA) is 39.2 Å². The molecule has 0 amide bonds. The molecule has 0 N–H and O–H groups in total. The summed E-state index contributed by atoms with van der Waals surface area (Å²) in [6, 6.07) is 14.5. The third kappa shape index (κ3) is 4.77. The first-order chi connectivity index (χ1) is 10.3. The van der Waals surface area contributed by atoms with Gasteiger partial charge in [-0.25, -0.2) is 0 Å². The zero-order chi connectivity index (χ0) is 14.9. The number of ether oxygens (including phenoxy) is 1. The molecule has 0 saturated carbocycles. The van der Waals surface area contributed by atoms with Crippen molar-refractivity contribution in [3.8, 4) is 23.6 Å². The SMILES string of the molecule is C#CCCCC(=O)OCc1c[c-]c(-c2ccccn2)cc1. The zero-order valence-corrected chi connectivity index (χ0v) is 11.7. The van der Waals surface area contributed by atoms with Crippen molar-refractivity contribution in [2.45, 2.75) is 25.9 Å². The van der Waals surface area contributed by atoms with Crippen LogP contribution in [0.2, 0.25) is 0 Å². The summed E-state index contributed by atoms with van der Waals surface area (Å²) in [4.78, 5) is 15.7. The summed E-state index contributed by atoms with van der Waals surface area (Å²) in [6.07, 6.45) is 8.50. The molecule has 3 heteroatoms. The molecule has 0 bridgehead atoms. The standard InChI is InChI=1S/C18H16NO2/c1-2-3-4-8-18(20)21-14-15-9-11-16(12-10-15)17-7-5-6-13-19-17/h1,5-7,9-11,13H,3-4,8,14H2/q-1. The Morgan fingerprint density at radius 2 is 2.24 bits per heavy atom. The van der Waals surface area contributed by atoms with Crippen molar-refractivity contribution in [3.63, 3.8) is 0 Å². The maximum absolute atomic E-state index is 11.5. The van der Waals surface area contributed by atoms with Crippen LogP contribution < -0.4 is 0 Å². The Morgan fingerprint density at radius 3 is 2.90 bits per heavy atom. The Labute approximate surface area is 125 Å². The number of pyridine rings is 1. The van der Waals surface area contributed by atoms with Gasteiger partial charge in [0.25, 0.3) is 0 Å². The Bertz CT molecular complexity index is 612. The second kappa shape index (κ2) is 7.86. The van der Waals surface area contributed by atoms with Crippen LogP contribution in [0.3, 0.4) is 0 Å². The van der Waals surface area contributed by atoms with Crippen LogP contribution in [-0.2, 0) is 16.1 Å². The predicted octanol–water partition coefficient (Wildman–Crippen LogP) is 3.40. The van der Waals surface area contributed by atoms with E-state index >= 15 is 0 Å². The Balaban J connectivity index is 1.86. The molecule has 0 aliphatic heterocycles. The number of terminal acetylenes is 1. The highest BCUT2D eigenvalue weighted by Gasteiger charge is 2.01. The number of rotatable bonds is 6. The van der Waals surface area contributed by atoms with Crippen LogP contribution in [-0.4, -0.2) is 11.0 Å². The van der Waals surface area contributed by atoms with Crippen LogP contribution in [0.4, 0.5) is 0 Å². The summed E-state index contributed by atoms with van der Waals surface area (Å²) in [7, 11) is 0. The number of esters is 1. The van der Waals surface area contributed by atoms with E-state index in [4.69, 9.17) is 11.2 Å². The minimum atomic E-state index is -0.223. The van der Waals surface area contributed by atoms with Gasteiger partial charge in [-0.15, -0.1) is 42.2 Å². The molecule has 106 valence electrons. The van der Waals surface area contributed by atoms with Crippen molar-refractivity contribution in [1.82, 2.24) is 4.98 Å². The van der Waals surface area contributed by atoms with Gasteiger partial charge in [-0.3, -0.25) is 4.79 Å². The molecule has 0 unspecified atom stereocenters. The molecule has 2 aromatic rings. The highest BCUT2D eigenvalue weighted by molar-refractivity contribution is 5.69. The number of aromatic nitrogens is 1. The second-order valence-corrected chi connectivity index (χ2v) is 4.54. The average Bonchev–Trinajstić information content (AvgIpc) is 2.54. The third-order valence-electron chi connectivity index (χ3n) is 2.92. The first-order valence-electron chi connectivity index (χ1n) is 6.80. The fraction of sp³-hybridized carbons (Fsp3) is 0.222. The normalized spacial score (nSPS) is 9.86. The Kier molecular flexibility index (Phi) is 5.54. The molecule has 1 aromatic carbocycles. The fourth-order valence-corrected chi connectivity index (χ4v) is 1.80. The van der Waals surface area contributed by atoms with Gasteiger partial charge in [-0.05, 0) is 18.2 Å². The lowest BCUT2D eigenvalue weighted by Gasteiger charge is -2.11. The largest absolute Gasteiger partial charge is 0.470 e. The monoisotopic (exact) mass is 278 g/mol. The molecule has 2 rings (SSSR count). The minimum absolute atomic E-state index is 0.223. The molecule has 0 fully saturated rings. The molecule has 0 saturated heterocycles. The first-order valence-corrected chi connectivity index (χ1v) is 6.80. The number of carbonyl (C=O) groups is 1. The van der Waals surface area contributed by atoms with Crippen LogP contribution in [0, 0.1) is 18.4 Å². The first kappa shape index (κ1) is 14.8. The van der Waals surface area contributed by atoms with E-state index in [1.807, 2.05) is 36.4 Å². The third-order valence-corrected chi connectivity index (χ3v) is 2.92. The number of hydrogen-bond donors (Lipinski definition) is 0. The van der Waals surface area contributed by atoms with E-state index in [2.05, 4.69) is 17.0 Å². The fourth-order valence-electron chi connectivity index (χ4n) is 1.80. The summed E-state index contributed by atoms with van der Waals surface area (Å²) in [5.74, 6) is 2.28. The maximum Gasteiger partial charge on any atom is 0.305 e. The van der Waals surface area contributed by atoms with Crippen LogP contribution >= 0.6 is 0 Å². The molecule has 1 aromatic heterocycles. The molecule has 0 aliphatic carbocycles. The quantitative estimate of drug-likeness (QED) is 0.352. The molecule has 3 nitrogen and oxygen atoms in total. The lowest BCUT2D eigenvalue weighted by Crippen LogP contribution is -2.04. The van der Waals surface area contributed by atoms with Gasteiger partial charge in [-0.1, -0.05) is 17.7 Å². The van der Waals surface area contributed by atoms with Gasteiger partial charge in [0, 0.05) is 19.0 Å². The van der Waals surface area contributed by atoms with Crippen LogP contribution in [0.15, 0.2) is 42.6 Å². The number of benzene rings is 1. The Morgan fingerprint density at radius 1 is 1.33 bits per heavy atom. The van der Waals surface area contributed by atoms with Gasteiger partial charge < -0.3 is 9.72 Å². The summed E-state index contributed by atoms with van der Waals surface area (Å²) in [5, 5.41) is 0. The van der Waals surface area contributed by atoms with Crippen LogP contribution in [0.25, 0.3) is 11.3 Å². The van der Waals surface area contributed by atoms with Crippen LogP contribution in [0.5, 0.6) is 0 Å². The van der Waals surface area contributed by atoms with Crippen molar-refractivity contribution >= 4 is 5.97 Å². The number of carbonyl (C=O) groups excluding carboxylic acids is 1. The molecular weight excluding hydrogens is 262 g/mol. The molecule has 21 heavy (non-hydrogen) atoms. The smallest absolute Gasteiger partial charge is 0.305 e. The highest BCUT2D eigenvalue weighted by Crippen LogP contribution is 2.16. The van der Waals surface area contributed by atoms with E-state index in [0.29, 0.717) is 19.3 Å². The second-order valence-electron chi connectivity index (χ2n) is 4.54. The van der Waals surface area contributed by atoms with E-state index < -0.39 is 0 Å². The van der Waals surface area contributed by atoms with E-state index in [-0.39, 0.29) is 12.6 Å². The van der Waals surface area contributed by atoms with E-state index in [1.54, 1.807) is 6.20 Å². The van der Waals surface area contributed by atoms with Gasteiger partial charge in [0.15, 0.2) is 0 Å². The zero-order valence-electron chi connectivity index (χ0n) is 11.7. The molecule has 1 heterocycles. The maximum atomic E-state index is 11.5. The van der Waals surface area contributed by atoms with Crippen molar-refractivity contribution < 1.29 is 9.53 Å². The van der Waals surface area contributed by atoms with Crippen molar-refractivity contribution in [2.75, 3.05) is 0 Å². The van der Waals surface area contributed by atoms with Gasteiger partial charge in [0.1, 0.15) is 0 Å². The molecule has 0 spiro atoms. The highest BCUT2D eigenvalue weighted by atomic mass is 16.5. The van der Waals surface area contributed by atoms with E-state index in [1.165, 1.54) is 0 Å². The van der Waals surface area contributed by atoms with Gasteiger partial charge >= 0.3 is 5.97 Å². The lowest BCUT2D eigenvalue weighted by atomic mass is 10.1. The van der Waals surface area contributed by atoms with Gasteiger partial charge in [0.2, 0.25) is 0 Å². The van der Waals surface area contributed by atoms with Crippen molar-refractivity contribution in [2.24, 2.45) is 0 Å². The van der Waals surface area contributed by atoms with Crippen LogP contribution in [0.1, 0.15) is 24.8 Å². The van der Waals surface area contributed by atoms with E-state index in [9.17, 15) is 4.79 Å². The number of hydrogen-bond acceptors (Lipinski definition) is 3. The summed E-state index contributed by atoms with van der Waals surface area (Å²) < 4.78 is 5.18. The number of unbranched alkanes of at least 4 members (excludes halogenated alkanes) is 1. The van der Waals surface area contributed by atoms with Gasteiger partial charge in [-0.2, -0.15) is 0 Å². The summed E-state index contributed by atoms with van der Waals surface area (Å²) in [6.45, 7) is 0.258. The summed E-state index contributed by atoms with van der Waals surface area (Å²) in [5.41, 5.74) is 2.69. The number of nitrogens with zero attached hydrogens (tertiary/aromatic N) is 1. The van der Waals surface area contributed by atoms with Crippen molar-refractivity contribution in [1.29, 1.82) is 0 Å². The molecule has 0 radical (unpaired) electrons. The Hall–Kier alpha value is -2.60. The molecular formula is C18H16NO2-.